The Morgan fingerprint density at radius 1 is 1.36 bits per heavy atom. The highest BCUT2D eigenvalue weighted by Crippen LogP contribution is 2.61. The fourth-order valence-electron chi connectivity index (χ4n) is 4.77. The standard InChI is InChI=1S/C17H18NO2S2/c1-2-20-16(19)11-8-9-7-10(11)14-15(9)22-17-18(14)12-5-3-4-6-13(12)21-17/h3-6,9-11,14-15H,2,7-8H2,1H3/q+1/t9-,10+,11-,14-,15-/m1/s1. The molecular formula is C17H18NO2S2+. The molecule has 2 aromatic rings. The van der Waals surface area contributed by atoms with E-state index in [1.54, 1.807) is 0 Å². The van der Waals surface area contributed by atoms with Crippen LogP contribution in [0.5, 0.6) is 0 Å². The van der Waals surface area contributed by atoms with Crippen molar-refractivity contribution < 1.29 is 14.1 Å². The van der Waals surface area contributed by atoms with E-state index in [-0.39, 0.29) is 11.9 Å². The maximum atomic E-state index is 12.3. The molecule has 2 saturated carbocycles. The predicted molar refractivity (Wildman–Crippen MR) is 87.0 cm³/mol. The Labute approximate surface area is 137 Å². The fourth-order valence-corrected chi connectivity index (χ4v) is 7.93. The van der Waals surface area contributed by atoms with Crippen molar-refractivity contribution in [3.63, 3.8) is 0 Å². The second-order valence-corrected chi connectivity index (χ2v) is 8.99. The highest BCUT2D eigenvalue weighted by molar-refractivity contribution is 8.01. The number of nitrogens with zero attached hydrogens (tertiary/aromatic N) is 1. The fraction of sp³-hybridized carbons (Fsp3) is 0.529. The van der Waals surface area contributed by atoms with Crippen LogP contribution in [-0.4, -0.2) is 17.8 Å². The lowest BCUT2D eigenvalue weighted by Crippen LogP contribution is -2.46. The van der Waals surface area contributed by atoms with Crippen LogP contribution in [0.15, 0.2) is 28.6 Å². The van der Waals surface area contributed by atoms with E-state index in [1.165, 1.54) is 21.0 Å². The first-order valence-corrected chi connectivity index (χ1v) is 9.74. The summed E-state index contributed by atoms with van der Waals surface area (Å²) in [6.45, 7) is 2.40. The van der Waals surface area contributed by atoms with E-state index >= 15 is 0 Å². The Bertz CT molecular complexity index is 771. The molecule has 114 valence electrons. The first-order chi connectivity index (χ1) is 10.8. The van der Waals surface area contributed by atoms with Gasteiger partial charge in [0.25, 0.3) is 4.34 Å². The number of carbonyl (C=O) groups is 1. The zero-order chi connectivity index (χ0) is 14.8. The van der Waals surface area contributed by atoms with Crippen molar-refractivity contribution in [1.82, 2.24) is 0 Å². The Kier molecular flexibility index (Phi) is 2.87. The van der Waals surface area contributed by atoms with Crippen LogP contribution in [0.3, 0.4) is 0 Å². The van der Waals surface area contributed by atoms with E-state index in [1.807, 2.05) is 18.3 Å². The van der Waals surface area contributed by atoms with Crippen molar-refractivity contribution in [2.24, 2.45) is 17.8 Å². The molecule has 0 unspecified atom stereocenters. The minimum absolute atomic E-state index is 0.0343. The second kappa shape index (κ2) is 4.71. The molecule has 2 heterocycles. The average molecular weight is 332 g/mol. The highest BCUT2D eigenvalue weighted by atomic mass is 32.2. The summed E-state index contributed by atoms with van der Waals surface area (Å²) in [6.07, 6.45) is 2.23. The lowest BCUT2D eigenvalue weighted by atomic mass is 9.84. The summed E-state index contributed by atoms with van der Waals surface area (Å²) in [5.41, 5.74) is 1.35. The van der Waals surface area contributed by atoms with E-state index in [0.29, 0.717) is 29.7 Å². The van der Waals surface area contributed by atoms with E-state index in [4.69, 9.17) is 4.74 Å². The lowest BCUT2D eigenvalue weighted by molar-refractivity contribution is -0.727. The number of fused-ring (bicyclic) bond motifs is 9. The van der Waals surface area contributed by atoms with Crippen LogP contribution >= 0.6 is 23.1 Å². The summed E-state index contributed by atoms with van der Waals surface area (Å²) >= 11 is 3.96. The minimum atomic E-state index is 0.0343. The maximum absolute atomic E-state index is 12.3. The van der Waals surface area contributed by atoms with E-state index in [9.17, 15) is 4.79 Å². The predicted octanol–water partition coefficient (Wildman–Crippen LogP) is 3.42. The van der Waals surface area contributed by atoms with Gasteiger partial charge in [0, 0.05) is 12.0 Å². The van der Waals surface area contributed by atoms with Crippen molar-refractivity contribution in [3.8, 4) is 0 Å². The van der Waals surface area contributed by atoms with Gasteiger partial charge in [0.15, 0.2) is 6.04 Å². The molecule has 5 heteroatoms. The second-order valence-electron chi connectivity index (χ2n) is 6.53. The molecule has 1 aromatic heterocycles. The molecule has 0 saturated heterocycles. The third-order valence-corrected chi connectivity index (χ3v) is 8.34. The van der Waals surface area contributed by atoms with Crippen molar-refractivity contribution in [1.29, 1.82) is 0 Å². The number of para-hydroxylation sites is 1. The molecule has 2 fully saturated rings. The number of rotatable bonds is 2. The summed E-state index contributed by atoms with van der Waals surface area (Å²) in [7, 11) is 0. The van der Waals surface area contributed by atoms with Gasteiger partial charge in [-0.3, -0.25) is 4.79 Å². The molecule has 2 bridgehead atoms. The van der Waals surface area contributed by atoms with Gasteiger partial charge in [0.05, 0.1) is 17.8 Å². The van der Waals surface area contributed by atoms with Crippen LogP contribution in [0, 0.1) is 17.8 Å². The van der Waals surface area contributed by atoms with Crippen LogP contribution in [0.4, 0.5) is 0 Å². The van der Waals surface area contributed by atoms with Crippen molar-refractivity contribution >= 4 is 39.3 Å². The summed E-state index contributed by atoms with van der Waals surface area (Å²) in [5, 5.41) is 0.673. The van der Waals surface area contributed by atoms with Crippen LogP contribution in [0.1, 0.15) is 25.8 Å². The molecule has 5 rings (SSSR count). The number of hydrogen-bond donors (Lipinski definition) is 0. The molecular weight excluding hydrogens is 314 g/mol. The number of esters is 1. The zero-order valence-electron chi connectivity index (χ0n) is 12.4. The summed E-state index contributed by atoms with van der Waals surface area (Å²) < 4.78 is 10.7. The number of thiazole rings is 1. The van der Waals surface area contributed by atoms with Gasteiger partial charge in [-0.2, -0.15) is 4.57 Å². The van der Waals surface area contributed by atoms with Gasteiger partial charge in [0.2, 0.25) is 5.52 Å². The minimum Gasteiger partial charge on any atom is -0.466 e. The highest BCUT2D eigenvalue weighted by Gasteiger charge is 2.64. The van der Waals surface area contributed by atoms with Crippen LogP contribution in [0.2, 0.25) is 0 Å². The first-order valence-electron chi connectivity index (χ1n) is 8.04. The van der Waals surface area contributed by atoms with Gasteiger partial charge in [-0.25, -0.2) is 0 Å². The number of ether oxygens (including phenoxy) is 1. The molecule has 0 amide bonds. The third-order valence-electron chi connectivity index (χ3n) is 5.53. The molecule has 3 aliphatic rings. The van der Waals surface area contributed by atoms with Crippen LogP contribution in [-0.2, 0) is 9.53 Å². The number of aromatic nitrogens is 1. The Morgan fingerprint density at radius 2 is 2.23 bits per heavy atom. The van der Waals surface area contributed by atoms with Gasteiger partial charge < -0.3 is 4.74 Å². The smallest absolute Gasteiger partial charge is 0.309 e. The van der Waals surface area contributed by atoms with Gasteiger partial charge in [-0.1, -0.05) is 23.5 Å². The van der Waals surface area contributed by atoms with Crippen LogP contribution < -0.4 is 4.57 Å². The topological polar surface area (TPSA) is 30.2 Å². The third kappa shape index (κ3) is 1.64. The number of hydrogen-bond acceptors (Lipinski definition) is 4. The molecule has 0 radical (unpaired) electrons. The normalized spacial score (nSPS) is 34.9. The van der Waals surface area contributed by atoms with Crippen LogP contribution in [0.25, 0.3) is 10.2 Å². The Balaban J connectivity index is 1.57. The molecule has 2 aliphatic carbocycles. The Hall–Kier alpha value is -1.07. The van der Waals surface area contributed by atoms with Crippen molar-refractivity contribution in [2.45, 2.75) is 35.4 Å². The van der Waals surface area contributed by atoms with Gasteiger partial charge in [-0.05, 0) is 43.5 Å². The average Bonchev–Trinajstić information content (AvgIpc) is 3.23. The monoisotopic (exact) mass is 332 g/mol. The SMILES string of the molecule is CCOC(=O)[C@@H]1C[C@H]2C[C@@H]1[C@@H]1[C@@H]2Sc2sc3ccccc3[n+]21. The van der Waals surface area contributed by atoms with E-state index in [2.05, 4.69) is 40.6 Å². The Morgan fingerprint density at radius 3 is 3.09 bits per heavy atom. The summed E-state index contributed by atoms with van der Waals surface area (Å²) in [5.74, 6) is 1.29. The maximum Gasteiger partial charge on any atom is 0.309 e. The molecule has 0 N–H and O–H groups in total. The quantitative estimate of drug-likeness (QED) is 0.623. The number of thioether (sulfide) groups is 1. The van der Waals surface area contributed by atoms with Gasteiger partial charge >= 0.3 is 5.97 Å². The number of carbonyl (C=O) groups excluding carboxylic acids is 1. The summed E-state index contributed by atoms with van der Waals surface area (Å²) in [4.78, 5) is 12.3. The molecule has 5 atom stereocenters. The lowest BCUT2D eigenvalue weighted by Gasteiger charge is -2.25. The van der Waals surface area contributed by atoms with Gasteiger partial charge in [0.1, 0.15) is 4.70 Å². The first kappa shape index (κ1) is 13.4. The summed E-state index contributed by atoms with van der Waals surface area (Å²) in [6, 6.07) is 9.15. The molecule has 0 spiro atoms. The van der Waals surface area contributed by atoms with Crippen molar-refractivity contribution in [2.75, 3.05) is 6.61 Å². The molecule has 1 aliphatic heterocycles. The van der Waals surface area contributed by atoms with E-state index in [0.717, 1.165) is 6.42 Å². The van der Waals surface area contributed by atoms with Crippen molar-refractivity contribution in [3.05, 3.63) is 24.3 Å². The zero-order valence-corrected chi connectivity index (χ0v) is 14.0. The molecule has 3 nitrogen and oxygen atoms in total. The van der Waals surface area contributed by atoms with E-state index < -0.39 is 0 Å². The van der Waals surface area contributed by atoms with Gasteiger partial charge in [-0.15, -0.1) is 0 Å². The molecule has 1 aromatic carbocycles. The number of benzene rings is 1. The largest absolute Gasteiger partial charge is 0.466 e. The molecule has 22 heavy (non-hydrogen) atoms.